The molecule has 34 heavy (non-hydrogen) atoms. The largest absolute Gasteiger partial charge is 0.493 e. The summed E-state index contributed by atoms with van der Waals surface area (Å²) in [6, 6.07) is 21.1. The number of rotatable bonds is 8. The van der Waals surface area contributed by atoms with Crippen LogP contribution in [0.4, 0.5) is 5.69 Å². The Balaban J connectivity index is 1.47. The van der Waals surface area contributed by atoms with Crippen molar-refractivity contribution in [2.45, 2.75) is 17.7 Å². The van der Waals surface area contributed by atoms with E-state index in [9.17, 15) is 13.2 Å². The lowest BCUT2D eigenvalue weighted by Crippen LogP contribution is -2.35. The highest BCUT2D eigenvalue weighted by atomic mass is 32.2. The van der Waals surface area contributed by atoms with E-state index >= 15 is 0 Å². The van der Waals surface area contributed by atoms with E-state index in [2.05, 4.69) is 0 Å². The fourth-order valence-corrected chi connectivity index (χ4v) is 5.61. The Morgan fingerprint density at radius 3 is 2.53 bits per heavy atom. The minimum Gasteiger partial charge on any atom is -0.493 e. The van der Waals surface area contributed by atoms with E-state index in [4.69, 9.17) is 9.47 Å². The number of carbonyl (C=O) groups is 1. The average molecular weight is 481 g/mol. The van der Waals surface area contributed by atoms with Gasteiger partial charge in [0.05, 0.1) is 24.2 Å². The van der Waals surface area contributed by atoms with Crippen LogP contribution in [0, 0.1) is 0 Å². The fraction of sp³-hybridized carbons (Fsp3) is 0.269. The minimum atomic E-state index is -3.79. The number of para-hydroxylation sites is 3. The fourth-order valence-electron chi connectivity index (χ4n) is 4.02. The summed E-state index contributed by atoms with van der Waals surface area (Å²) in [7, 11) is -0.560. The normalized spacial score (nSPS) is 13.2. The number of sulfonamides is 1. The Kier molecular flexibility index (Phi) is 7.07. The molecule has 178 valence electrons. The number of fused-ring (bicyclic) bond motifs is 1. The van der Waals surface area contributed by atoms with Gasteiger partial charge in [-0.2, -0.15) is 0 Å². The number of hydrogen-bond donors (Lipinski definition) is 0. The van der Waals surface area contributed by atoms with Crippen molar-refractivity contribution in [1.82, 2.24) is 4.90 Å². The zero-order valence-electron chi connectivity index (χ0n) is 19.3. The van der Waals surface area contributed by atoms with Crippen molar-refractivity contribution in [3.05, 3.63) is 83.9 Å². The summed E-state index contributed by atoms with van der Waals surface area (Å²) in [4.78, 5) is 14.6. The second-order valence-electron chi connectivity index (χ2n) is 8.06. The zero-order valence-corrected chi connectivity index (χ0v) is 20.1. The molecule has 4 rings (SSSR count). The molecule has 0 radical (unpaired) electrons. The standard InChI is InChI=1S/C26H28N2O5S/c1-27(17-18-33-25-15-6-5-14-24(25)32-2)26(29)21-10-7-12-22(19-21)34(30,31)28-16-8-11-20-9-3-4-13-23(20)28/h3-7,9-10,12-15,19H,8,11,16-18H2,1-2H3. The molecule has 0 aliphatic carbocycles. The quantitative estimate of drug-likeness (QED) is 0.487. The molecule has 0 saturated carbocycles. The van der Waals surface area contributed by atoms with E-state index in [-0.39, 0.29) is 17.4 Å². The van der Waals surface area contributed by atoms with Gasteiger partial charge in [0.1, 0.15) is 6.61 Å². The van der Waals surface area contributed by atoms with Crippen LogP contribution in [0.5, 0.6) is 11.5 Å². The van der Waals surface area contributed by atoms with Gasteiger partial charge in [-0.15, -0.1) is 0 Å². The maximum atomic E-state index is 13.5. The molecule has 0 unspecified atom stereocenters. The number of methoxy groups -OCH3 is 1. The van der Waals surface area contributed by atoms with E-state index in [1.54, 1.807) is 38.4 Å². The molecule has 1 amide bonds. The van der Waals surface area contributed by atoms with Crippen LogP contribution < -0.4 is 13.8 Å². The molecule has 3 aromatic carbocycles. The van der Waals surface area contributed by atoms with Gasteiger partial charge in [0.2, 0.25) is 0 Å². The monoisotopic (exact) mass is 480 g/mol. The van der Waals surface area contributed by atoms with Crippen molar-refractivity contribution in [3.63, 3.8) is 0 Å². The molecule has 0 saturated heterocycles. The van der Waals surface area contributed by atoms with Crippen molar-refractivity contribution in [2.24, 2.45) is 0 Å². The van der Waals surface area contributed by atoms with Crippen LogP contribution in [-0.4, -0.2) is 53.1 Å². The first-order valence-electron chi connectivity index (χ1n) is 11.1. The van der Waals surface area contributed by atoms with Crippen LogP contribution in [0.25, 0.3) is 0 Å². The lowest BCUT2D eigenvalue weighted by molar-refractivity contribution is 0.0773. The Morgan fingerprint density at radius 2 is 1.74 bits per heavy atom. The number of amides is 1. The van der Waals surface area contributed by atoms with Crippen LogP contribution in [0.3, 0.4) is 0 Å². The summed E-state index contributed by atoms with van der Waals surface area (Å²) in [5.41, 5.74) is 2.03. The van der Waals surface area contributed by atoms with Crippen molar-refractivity contribution in [3.8, 4) is 11.5 Å². The number of hydrogen-bond acceptors (Lipinski definition) is 5. The third kappa shape index (κ3) is 4.87. The molecule has 0 N–H and O–H groups in total. The van der Waals surface area contributed by atoms with Gasteiger partial charge in [-0.3, -0.25) is 9.10 Å². The highest BCUT2D eigenvalue weighted by Crippen LogP contribution is 2.32. The Bertz CT molecular complexity index is 1280. The predicted octanol–water partition coefficient (Wildman–Crippen LogP) is 3.99. The van der Waals surface area contributed by atoms with Crippen LogP contribution >= 0.6 is 0 Å². The topological polar surface area (TPSA) is 76.1 Å². The van der Waals surface area contributed by atoms with Gasteiger partial charge in [0.25, 0.3) is 15.9 Å². The van der Waals surface area contributed by atoms with Crippen LogP contribution in [0.2, 0.25) is 0 Å². The van der Waals surface area contributed by atoms with Gasteiger partial charge in [0, 0.05) is 19.2 Å². The van der Waals surface area contributed by atoms with Gasteiger partial charge in [-0.25, -0.2) is 8.42 Å². The molecular weight excluding hydrogens is 452 g/mol. The summed E-state index contributed by atoms with van der Waals surface area (Å²) in [6.45, 7) is 1.01. The van der Waals surface area contributed by atoms with Gasteiger partial charge in [0.15, 0.2) is 11.5 Å². The van der Waals surface area contributed by atoms with Crippen molar-refractivity contribution in [2.75, 3.05) is 38.2 Å². The summed E-state index contributed by atoms with van der Waals surface area (Å²) < 4.78 is 39.4. The predicted molar refractivity (Wildman–Crippen MR) is 131 cm³/mol. The maximum Gasteiger partial charge on any atom is 0.264 e. The molecule has 0 fully saturated rings. The first kappa shape index (κ1) is 23.6. The highest BCUT2D eigenvalue weighted by molar-refractivity contribution is 7.92. The van der Waals surface area contributed by atoms with Gasteiger partial charge >= 0.3 is 0 Å². The van der Waals surface area contributed by atoms with E-state index < -0.39 is 10.0 Å². The molecule has 0 spiro atoms. The summed E-state index contributed by atoms with van der Waals surface area (Å²) >= 11 is 0. The maximum absolute atomic E-state index is 13.5. The van der Waals surface area contributed by atoms with Crippen LogP contribution in [0.1, 0.15) is 22.3 Å². The molecule has 1 heterocycles. The molecule has 1 aliphatic heterocycles. The molecule has 3 aromatic rings. The molecule has 0 aromatic heterocycles. The number of anilines is 1. The van der Waals surface area contributed by atoms with Crippen molar-refractivity contribution >= 4 is 21.6 Å². The number of carbonyl (C=O) groups excluding carboxylic acids is 1. The van der Waals surface area contributed by atoms with E-state index in [0.717, 1.165) is 18.4 Å². The number of aryl methyl sites for hydroxylation is 1. The van der Waals surface area contributed by atoms with Crippen LogP contribution in [0.15, 0.2) is 77.7 Å². The lowest BCUT2D eigenvalue weighted by Gasteiger charge is -2.30. The summed E-state index contributed by atoms with van der Waals surface area (Å²) in [6.07, 6.45) is 1.60. The third-order valence-electron chi connectivity index (χ3n) is 5.84. The summed E-state index contributed by atoms with van der Waals surface area (Å²) in [5.74, 6) is 0.939. The van der Waals surface area contributed by atoms with Crippen molar-refractivity contribution < 1.29 is 22.7 Å². The molecular formula is C26H28N2O5S. The third-order valence-corrected chi connectivity index (χ3v) is 7.65. The first-order chi connectivity index (χ1) is 16.4. The Morgan fingerprint density at radius 1 is 1.00 bits per heavy atom. The number of ether oxygens (including phenoxy) is 2. The minimum absolute atomic E-state index is 0.105. The van der Waals surface area contributed by atoms with Gasteiger partial charge in [-0.1, -0.05) is 36.4 Å². The first-order valence-corrected chi connectivity index (χ1v) is 12.6. The SMILES string of the molecule is COc1ccccc1OCCN(C)C(=O)c1cccc(S(=O)(=O)N2CCCc3ccccc32)c1. The van der Waals surface area contributed by atoms with Gasteiger partial charge in [-0.05, 0) is 54.8 Å². The van der Waals surface area contributed by atoms with E-state index in [0.29, 0.717) is 35.8 Å². The molecule has 8 heteroatoms. The van der Waals surface area contributed by atoms with Gasteiger partial charge < -0.3 is 14.4 Å². The molecule has 0 atom stereocenters. The second-order valence-corrected chi connectivity index (χ2v) is 9.93. The molecule has 1 aliphatic rings. The second kappa shape index (κ2) is 10.2. The Labute approximate surface area is 200 Å². The summed E-state index contributed by atoms with van der Waals surface area (Å²) in [5, 5.41) is 0. The average Bonchev–Trinajstić information content (AvgIpc) is 2.88. The highest BCUT2D eigenvalue weighted by Gasteiger charge is 2.29. The smallest absolute Gasteiger partial charge is 0.264 e. The van der Waals surface area contributed by atoms with Crippen LogP contribution in [-0.2, 0) is 16.4 Å². The molecule has 0 bridgehead atoms. The van der Waals surface area contributed by atoms with Crippen molar-refractivity contribution in [1.29, 1.82) is 0 Å². The number of likely N-dealkylation sites (N-methyl/N-ethyl adjacent to an activating group) is 1. The number of benzene rings is 3. The number of nitrogens with zero attached hydrogens (tertiary/aromatic N) is 2. The molecule has 7 nitrogen and oxygen atoms in total. The lowest BCUT2D eigenvalue weighted by atomic mass is 10.0. The van der Waals surface area contributed by atoms with E-state index in [1.165, 1.54) is 21.3 Å². The zero-order chi connectivity index (χ0) is 24.1. The van der Waals surface area contributed by atoms with E-state index in [1.807, 2.05) is 36.4 Å². The Hall–Kier alpha value is -3.52.